The van der Waals surface area contributed by atoms with E-state index in [2.05, 4.69) is 10.0 Å². The maximum Gasteiger partial charge on any atom is 0.415 e. The van der Waals surface area contributed by atoms with Gasteiger partial charge in [0.05, 0.1) is 23.7 Å². The standard InChI is InChI=1S/C24H33N3O6S/c1-23(2,12-13-27-19-9-7-6-8-17(19)24(3,4)33-22(27)30)25-15-21(29)16-10-11-20(28)18(14-16)26-34(5,31)32/h6-11,14,21,25-26,28-29H,12-13,15H2,1-5H3/t21-/m0/s1. The number of nitrogens with zero attached hydrogens (tertiary/aromatic N) is 1. The molecule has 0 bridgehead atoms. The number of hydrogen-bond acceptors (Lipinski definition) is 7. The third kappa shape index (κ3) is 6.19. The fraction of sp³-hybridized carbons (Fsp3) is 0.458. The van der Waals surface area contributed by atoms with Gasteiger partial charge < -0.3 is 20.3 Å². The molecule has 9 nitrogen and oxygen atoms in total. The summed E-state index contributed by atoms with van der Waals surface area (Å²) in [6, 6.07) is 11.9. The van der Waals surface area contributed by atoms with Crippen molar-refractivity contribution in [2.75, 3.05) is 29.0 Å². The van der Waals surface area contributed by atoms with Crippen LogP contribution in [0.15, 0.2) is 42.5 Å². The van der Waals surface area contributed by atoms with Crippen molar-refractivity contribution in [1.82, 2.24) is 5.32 Å². The molecular formula is C24H33N3O6S. The second-order valence-corrected chi connectivity index (χ2v) is 11.5. The first kappa shape index (κ1) is 25.8. The molecule has 0 aromatic heterocycles. The van der Waals surface area contributed by atoms with Gasteiger partial charge in [-0.05, 0) is 57.9 Å². The molecule has 2 aromatic carbocycles. The number of carbonyl (C=O) groups is 1. The average Bonchev–Trinajstić information content (AvgIpc) is 2.72. The van der Waals surface area contributed by atoms with E-state index in [9.17, 15) is 23.4 Å². The minimum atomic E-state index is -3.58. The highest BCUT2D eigenvalue weighted by Crippen LogP contribution is 2.38. The van der Waals surface area contributed by atoms with Crippen LogP contribution in [0.1, 0.15) is 51.3 Å². The van der Waals surface area contributed by atoms with E-state index in [4.69, 9.17) is 4.74 Å². The summed E-state index contributed by atoms with van der Waals surface area (Å²) in [6.07, 6.45) is 0.230. The number of nitrogens with one attached hydrogen (secondary N) is 2. The van der Waals surface area contributed by atoms with E-state index in [1.54, 1.807) is 4.90 Å². The number of fused-ring (bicyclic) bond motifs is 1. The molecule has 0 unspecified atom stereocenters. The number of amides is 1. The quantitative estimate of drug-likeness (QED) is 0.396. The number of para-hydroxylation sites is 1. The van der Waals surface area contributed by atoms with Crippen LogP contribution in [-0.4, -0.2) is 49.6 Å². The van der Waals surface area contributed by atoms with Gasteiger partial charge in [-0.2, -0.15) is 0 Å². The summed E-state index contributed by atoms with van der Waals surface area (Å²) in [5.41, 5.74) is 1.09. The number of hydrogen-bond donors (Lipinski definition) is 4. The van der Waals surface area contributed by atoms with Crippen molar-refractivity contribution in [3.8, 4) is 5.75 Å². The van der Waals surface area contributed by atoms with Crippen molar-refractivity contribution in [3.05, 3.63) is 53.6 Å². The monoisotopic (exact) mass is 491 g/mol. The molecule has 34 heavy (non-hydrogen) atoms. The Labute approximate surface area is 200 Å². The Kier molecular flexibility index (Phi) is 7.16. The number of phenolic OH excluding ortho intramolecular Hbond substituents is 1. The zero-order valence-corrected chi connectivity index (χ0v) is 20.9. The average molecular weight is 492 g/mol. The highest BCUT2D eigenvalue weighted by molar-refractivity contribution is 7.92. The predicted octanol–water partition coefficient (Wildman–Crippen LogP) is 3.45. The van der Waals surface area contributed by atoms with Gasteiger partial charge >= 0.3 is 6.09 Å². The number of anilines is 2. The lowest BCUT2D eigenvalue weighted by atomic mass is 9.93. The summed E-state index contributed by atoms with van der Waals surface area (Å²) in [7, 11) is -3.58. The van der Waals surface area contributed by atoms with Gasteiger partial charge in [-0.3, -0.25) is 9.62 Å². The van der Waals surface area contributed by atoms with E-state index in [0.29, 0.717) is 18.5 Å². The molecule has 0 aliphatic carbocycles. The molecule has 1 atom stereocenters. The van der Waals surface area contributed by atoms with Crippen molar-refractivity contribution >= 4 is 27.5 Å². The predicted molar refractivity (Wildman–Crippen MR) is 132 cm³/mol. The van der Waals surface area contributed by atoms with Gasteiger partial charge in [-0.25, -0.2) is 13.2 Å². The fourth-order valence-corrected chi connectivity index (χ4v) is 4.43. The topological polar surface area (TPSA) is 128 Å². The van der Waals surface area contributed by atoms with Gasteiger partial charge in [-0.15, -0.1) is 0 Å². The van der Waals surface area contributed by atoms with E-state index < -0.39 is 33.4 Å². The molecule has 186 valence electrons. The molecule has 4 N–H and O–H groups in total. The summed E-state index contributed by atoms with van der Waals surface area (Å²) in [5.74, 6) is -0.230. The number of carbonyl (C=O) groups excluding carboxylic acids is 1. The Morgan fingerprint density at radius 1 is 1.18 bits per heavy atom. The second-order valence-electron chi connectivity index (χ2n) is 9.73. The highest BCUT2D eigenvalue weighted by atomic mass is 32.2. The van der Waals surface area contributed by atoms with Crippen molar-refractivity contribution in [3.63, 3.8) is 0 Å². The molecule has 1 amide bonds. The lowest BCUT2D eigenvalue weighted by molar-refractivity contribution is 0.0347. The number of β-amino-alcohol motifs (C(OH)–C–C–N with tert-alkyl or cyclic N) is 1. The van der Waals surface area contributed by atoms with Crippen LogP contribution in [0.2, 0.25) is 0 Å². The largest absolute Gasteiger partial charge is 0.506 e. The van der Waals surface area contributed by atoms with Crippen LogP contribution in [0.3, 0.4) is 0 Å². The molecule has 0 saturated carbocycles. The molecule has 1 heterocycles. The third-order valence-electron chi connectivity index (χ3n) is 5.84. The van der Waals surface area contributed by atoms with Gasteiger partial charge in [0.2, 0.25) is 10.0 Å². The van der Waals surface area contributed by atoms with Gasteiger partial charge in [0, 0.05) is 24.2 Å². The first-order valence-corrected chi connectivity index (χ1v) is 12.9. The highest BCUT2D eigenvalue weighted by Gasteiger charge is 2.38. The van der Waals surface area contributed by atoms with E-state index in [1.807, 2.05) is 52.0 Å². The molecule has 0 spiro atoms. The molecule has 3 rings (SSSR count). The Hall–Kier alpha value is -2.82. The number of aliphatic hydroxyl groups excluding tert-OH is 1. The van der Waals surface area contributed by atoms with Crippen molar-refractivity contribution < 1.29 is 28.2 Å². The second kappa shape index (κ2) is 9.44. The Morgan fingerprint density at radius 3 is 2.53 bits per heavy atom. The summed E-state index contributed by atoms with van der Waals surface area (Å²) in [5, 5.41) is 23.8. The minimum Gasteiger partial charge on any atom is -0.506 e. The first-order chi connectivity index (χ1) is 15.7. The number of aliphatic hydroxyl groups is 1. The minimum absolute atomic E-state index is 0.00325. The molecule has 0 saturated heterocycles. The zero-order chi connectivity index (χ0) is 25.3. The molecule has 2 aromatic rings. The van der Waals surface area contributed by atoms with Crippen LogP contribution >= 0.6 is 0 Å². The third-order valence-corrected chi connectivity index (χ3v) is 6.43. The molecule has 1 aliphatic heterocycles. The van der Waals surface area contributed by atoms with Gasteiger partial charge in [0.1, 0.15) is 11.4 Å². The lowest BCUT2D eigenvalue weighted by Gasteiger charge is -2.39. The van der Waals surface area contributed by atoms with Gasteiger partial charge in [0.15, 0.2) is 0 Å². The summed E-state index contributed by atoms with van der Waals surface area (Å²) < 4.78 is 30.9. The van der Waals surface area contributed by atoms with E-state index in [1.165, 1.54) is 18.2 Å². The van der Waals surface area contributed by atoms with E-state index in [-0.39, 0.29) is 18.0 Å². The number of rotatable bonds is 9. The molecule has 1 aliphatic rings. The van der Waals surface area contributed by atoms with Crippen molar-refractivity contribution in [2.24, 2.45) is 0 Å². The normalized spacial score (nSPS) is 16.5. The summed E-state index contributed by atoms with van der Waals surface area (Å²) in [6.45, 7) is 8.28. The molecule has 0 fully saturated rings. The van der Waals surface area contributed by atoms with Crippen LogP contribution < -0.4 is 14.9 Å². The van der Waals surface area contributed by atoms with Crippen molar-refractivity contribution in [2.45, 2.75) is 51.4 Å². The Morgan fingerprint density at radius 2 is 1.85 bits per heavy atom. The van der Waals surface area contributed by atoms with Gasteiger partial charge in [-0.1, -0.05) is 24.3 Å². The maximum atomic E-state index is 12.7. The zero-order valence-electron chi connectivity index (χ0n) is 20.1. The molecular weight excluding hydrogens is 458 g/mol. The van der Waals surface area contributed by atoms with Crippen molar-refractivity contribution in [1.29, 1.82) is 0 Å². The summed E-state index contributed by atoms with van der Waals surface area (Å²) in [4.78, 5) is 14.3. The number of ether oxygens (including phenoxy) is 1. The number of aromatic hydroxyl groups is 1. The Bertz CT molecular complexity index is 1160. The molecule has 0 radical (unpaired) electrons. The van der Waals surface area contributed by atoms with Crippen LogP contribution in [0.5, 0.6) is 5.75 Å². The summed E-state index contributed by atoms with van der Waals surface area (Å²) >= 11 is 0. The number of sulfonamides is 1. The molecule has 10 heteroatoms. The Balaban J connectivity index is 1.64. The van der Waals surface area contributed by atoms with Crippen LogP contribution in [-0.2, 0) is 20.4 Å². The van der Waals surface area contributed by atoms with Crippen LogP contribution in [0, 0.1) is 0 Å². The van der Waals surface area contributed by atoms with Crippen LogP contribution in [0.4, 0.5) is 16.2 Å². The smallest absolute Gasteiger partial charge is 0.415 e. The SMILES string of the molecule is CC(C)(CCN1C(=O)OC(C)(C)c2ccccc21)NC[C@H](O)c1ccc(O)c(NS(C)(=O)=O)c1. The lowest BCUT2D eigenvalue weighted by Crippen LogP contribution is -2.48. The first-order valence-electron chi connectivity index (χ1n) is 11.0. The number of phenols is 1. The van der Waals surface area contributed by atoms with E-state index in [0.717, 1.165) is 17.5 Å². The number of benzene rings is 2. The fourth-order valence-electron chi connectivity index (χ4n) is 3.87. The maximum absolute atomic E-state index is 12.7. The van der Waals surface area contributed by atoms with Crippen LogP contribution in [0.25, 0.3) is 0 Å². The van der Waals surface area contributed by atoms with E-state index >= 15 is 0 Å². The number of cyclic esters (lactones) is 1. The van der Waals surface area contributed by atoms with Gasteiger partial charge in [0.25, 0.3) is 0 Å².